The summed E-state index contributed by atoms with van der Waals surface area (Å²) in [5.74, 6) is 0. The lowest BCUT2D eigenvalue weighted by Crippen LogP contribution is -2.28. The first-order valence-corrected chi connectivity index (χ1v) is 9.19. The highest BCUT2D eigenvalue weighted by Gasteiger charge is 2.10. The number of halogens is 1. The molecule has 0 aromatic heterocycles. The summed E-state index contributed by atoms with van der Waals surface area (Å²) in [5, 5.41) is 0.805. The number of hydrogen-bond acceptors (Lipinski definition) is 7. The molecule has 138 valence electrons. The predicted octanol–water partition coefficient (Wildman–Crippen LogP) is 0.880. The topological polar surface area (TPSA) is 64.6 Å². The van der Waals surface area contributed by atoms with Gasteiger partial charge in [-0.05, 0) is 0 Å². The van der Waals surface area contributed by atoms with E-state index in [1.165, 1.54) is 0 Å². The molecular formula is C15H29BrO7. The summed E-state index contributed by atoms with van der Waals surface area (Å²) in [4.78, 5) is 0. The average molecular weight is 401 g/mol. The normalized spacial score (nSPS) is 24.7. The van der Waals surface area contributed by atoms with Gasteiger partial charge in [0, 0.05) is 5.33 Å². The summed E-state index contributed by atoms with van der Waals surface area (Å²) in [6, 6.07) is 0. The van der Waals surface area contributed by atoms with Gasteiger partial charge in [-0.15, -0.1) is 0 Å². The van der Waals surface area contributed by atoms with Crippen LogP contribution in [0.5, 0.6) is 0 Å². The highest BCUT2D eigenvalue weighted by Crippen LogP contribution is 1.97. The number of ether oxygens (including phenoxy) is 7. The quantitative estimate of drug-likeness (QED) is 0.512. The smallest absolute Gasteiger partial charge is 0.104 e. The van der Waals surface area contributed by atoms with Crippen LogP contribution in [0.4, 0.5) is 0 Å². The van der Waals surface area contributed by atoms with Crippen molar-refractivity contribution in [3.05, 3.63) is 0 Å². The van der Waals surface area contributed by atoms with Crippen molar-refractivity contribution in [2.45, 2.75) is 6.10 Å². The maximum atomic E-state index is 5.74. The zero-order valence-electron chi connectivity index (χ0n) is 13.7. The molecule has 1 atom stereocenters. The molecule has 0 aromatic rings. The zero-order chi connectivity index (χ0) is 16.4. The van der Waals surface area contributed by atoms with Gasteiger partial charge in [0.25, 0.3) is 0 Å². The van der Waals surface area contributed by atoms with Crippen molar-refractivity contribution in [3.8, 4) is 0 Å². The highest BCUT2D eigenvalue weighted by atomic mass is 79.9. The van der Waals surface area contributed by atoms with Crippen LogP contribution >= 0.6 is 15.9 Å². The van der Waals surface area contributed by atoms with Gasteiger partial charge in [0.1, 0.15) is 6.10 Å². The summed E-state index contributed by atoms with van der Waals surface area (Å²) >= 11 is 3.33. The second kappa shape index (κ2) is 17.0. The molecule has 1 rings (SSSR count). The fourth-order valence-electron chi connectivity index (χ4n) is 1.78. The first kappa shape index (κ1) is 21.2. The van der Waals surface area contributed by atoms with Crippen LogP contribution in [0, 0.1) is 0 Å². The molecule has 1 unspecified atom stereocenters. The Morgan fingerprint density at radius 3 is 1.70 bits per heavy atom. The Labute approximate surface area is 147 Å². The second-order valence-corrected chi connectivity index (χ2v) is 5.57. The first-order chi connectivity index (χ1) is 11.4. The van der Waals surface area contributed by atoms with E-state index in [1.54, 1.807) is 0 Å². The van der Waals surface area contributed by atoms with Crippen LogP contribution in [0.2, 0.25) is 0 Å². The molecule has 1 saturated heterocycles. The molecule has 0 aliphatic carbocycles. The Morgan fingerprint density at radius 1 is 0.696 bits per heavy atom. The van der Waals surface area contributed by atoms with E-state index in [0.29, 0.717) is 85.9 Å². The van der Waals surface area contributed by atoms with Gasteiger partial charge in [-0.25, -0.2) is 0 Å². The van der Waals surface area contributed by atoms with Gasteiger partial charge < -0.3 is 33.2 Å². The monoisotopic (exact) mass is 400 g/mol. The molecule has 1 aliphatic rings. The molecule has 0 spiro atoms. The fourth-order valence-corrected chi connectivity index (χ4v) is 2.01. The average Bonchev–Trinajstić information content (AvgIpc) is 2.56. The Balaban J connectivity index is 2.21. The molecule has 1 heterocycles. The standard InChI is InChI=1S/C15H29BrO7/c16-1-2-21-13-15-14-22-10-9-19-6-5-17-3-4-18-7-8-20-11-12-23-15/h15H,1-14H2. The van der Waals surface area contributed by atoms with E-state index in [0.717, 1.165) is 5.33 Å². The summed E-state index contributed by atoms with van der Waals surface area (Å²) < 4.78 is 38.5. The van der Waals surface area contributed by atoms with E-state index in [4.69, 9.17) is 33.2 Å². The van der Waals surface area contributed by atoms with E-state index in [9.17, 15) is 0 Å². The highest BCUT2D eigenvalue weighted by molar-refractivity contribution is 9.09. The Kier molecular flexibility index (Phi) is 15.7. The van der Waals surface area contributed by atoms with Gasteiger partial charge >= 0.3 is 0 Å². The van der Waals surface area contributed by atoms with Gasteiger partial charge in [-0.3, -0.25) is 0 Å². The molecule has 8 heteroatoms. The lowest BCUT2D eigenvalue weighted by Gasteiger charge is -2.18. The van der Waals surface area contributed by atoms with Crippen LogP contribution in [0.15, 0.2) is 0 Å². The Bertz CT molecular complexity index is 228. The molecule has 0 N–H and O–H groups in total. The molecule has 1 fully saturated rings. The molecule has 1 aliphatic heterocycles. The van der Waals surface area contributed by atoms with Gasteiger partial charge in [0.05, 0.1) is 85.9 Å². The summed E-state index contributed by atoms with van der Waals surface area (Å²) in [5.41, 5.74) is 0. The van der Waals surface area contributed by atoms with Crippen LogP contribution in [-0.2, 0) is 33.2 Å². The lowest BCUT2D eigenvalue weighted by molar-refractivity contribution is -0.0830. The van der Waals surface area contributed by atoms with Crippen LogP contribution in [0.3, 0.4) is 0 Å². The van der Waals surface area contributed by atoms with E-state index in [-0.39, 0.29) is 6.10 Å². The fraction of sp³-hybridized carbons (Fsp3) is 1.00. The van der Waals surface area contributed by atoms with Crippen molar-refractivity contribution >= 4 is 15.9 Å². The first-order valence-electron chi connectivity index (χ1n) is 8.07. The number of rotatable bonds is 4. The van der Waals surface area contributed by atoms with Gasteiger partial charge in [0.15, 0.2) is 0 Å². The molecular weight excluding hydrogens is 372 g/mol. The molecule has 7 nitrogen and oxygen atoms in total. The van der Waals surface area contributed by atoms with Crippen molar-refractivity contribution in [1.82, 2.24) is 0 Å². The minimum atomic E-state index is -0.101. The largest absolute Gasteiger partial charge is 0.378 e. The maximum Gasteiger partial charge on any atom is 0.104 e. The third-order valence-electron chi connectivity index (χ3n) is 2.90. The molecule has 0 amide bonds. The Morgan fingerprint density at radius 2 is 1.17 bits per heavy atom. The Hall–Kier alpha value is 0.200. The molecule has 0 bridgehead atoms. The minimum Gasteiger partial charge on any atom is -0.378 e. The minimum absolute atomic E-state index is 0.101. The SMILES string of the molecule is BrCCOCC1COCCOCCOCCOCCOCCO1. The molecule has 0 radical (unpaired) electrons. The maximum absolute atomic E-state index is 5.74. The second-order valence-electron chi connectivity index (χ2n) is 4.78. The van der Waals surface area contributed by atoms with Crippen LogP contribution in [0.1, 0.15) is 0 Å². The van der Waals surface area contributed by atoms with Gasteiger partial charge in [-0.1, -0.05) is 15.9 Å². The van der Waals surface area contributed by atoms with Crippen molar-refractivity contribution < 1.29 is 33.2 Å². The molecule has 23 heavy (non-hydrogen) atoms. The zero-order valence-corrected chi connectivity index (χ0v) is 15.3. The van der Waals surface area contributed by atoms with Crippen molar-refractivity contribution in [3.63, 3.8) is 0 Å². The summed E-state index contributed by atoms with van der Waals surface area (Å²) in [6.07, 6.45) is -0.101. The lowest BCUT2D eigenvalue weighted by atomic mass is 10.4. The van der Waals surface area contributed by atoms with Crippen molar-refractivity contribution in [2.24, 2.45) is 0 Å². The third kappa shape index (κ3) is 14.3. The predicted molar refractivity (Wildman–Crippen MR) is 88.4 cm³/mol. The van der Waals surface area contributed by atoms with Crippen molar-refractivity contribution in [2.75, 3.05) is 91.2 Å². The third-order valence-corrected chi connectivity index (χ3v) is 3.22. The van der Waals surface area contributed by atoms with Crippen LogP contribution in [0.25, 0.3) is 0 Å². The number of alkyl halides is 1. The summed E-state index contributed by atoms with van der Waals surface area (Å²) in [6.45, 7) is 7.08. The van der Waals surface area contributed by atoms with E-state index in [1.807, 2.05) is 0 Å². The van der Waals surface area contributed by atoms with E-state index < -0.39 is 0 Å². The van der Waals surface area contributed by atoms with Gasteiger partial charge in [-0.2, -0.15) is 0 Å². The van der Waals surface area contributed by atoms with Gasteiger partial charge in [0.2, 0.25) is 0 Å². The van der Waals surface area contributed by atoms with E-state index >= 15 is 0 Å². The van der Waals surface area contributed by atoms with Crippen molar-refractivity contribution in [1.29, 1.82) is 0 Å². The summed E-state index contributed by atoms with van der Waals surface area (Å²) in [7, 11) is 0. The van der Waals surface area contributed by atoms with Crippen LogP contribution in [-0.4, -0.2) is 97.3 Å². The number of hydrogen-bond donors (Lipinski definition) is 0. The molecule has 0 saturated carbocycles. The molecule has 0 aromatic carbocycles. The van der Waals surface area contributed by atoms with Crippen LogP contribution < -0.4 is 0 Å². The van der Waals surface area contributed by atoms with E-state index in [2.05, 4.69) is 15.9 Å².